The van der Waals surface area contributed by atoms with E-state index in [9.17, 15) is 0 Å². The lowest BCUT2D eigenvalue weighted by Crippen LogP contribution is -2.39. The summed E-state index contributed by atoms with van der Waals surface area (Å²) < 4.78 is 10.5. The van der Waals surface area contributed by atoms with Crippen molar-refractivity contribution in [1.82, 2.24) is 4.90 Å². The molecular formula is C20H25NO2. The van der Waals surface area contributed by atoms with Gasteiger partial charge in [0.15, 0.2) is 6.79 Å². The van der Waals surface area contributed by atoms with Gasteiger partial charge in [0, 0.05) is 19.2 Å². The number of rotatable bonds is 4. The predicted molar refractivity (Wildman–Crippen MR) is 93.0 cm³/mol. The number of fused-ring (bicyclic) bond motifs is 3. The van der Waals surface area contributed by atoms with E-state index in [1.165, 1.54) is 42.0 Å². The van der Waals surface area contributed by atoms with Crippen molar-refractivity contribution in [2.75, 3.05) is 21.0 Å². The molecule has 2 aliphatic heterocycles. The van der Waals surface area contributed by atoms with Crippen LogP contribution in [0.15, 0.2) is 36.4 Å². The Morgan fingerprint density at radius 3 is 2.43 bits per heavy atom. The fourth-order valence-electron chi connectivity index (χ4n) is 4.40. The highest BCUT2D eigenvalue weighted by Crippen LogP contribution is 2.42. The number of hydrogen-bond donors (Lipinski definition) is 0. The molecule has 122 valence electrons. The molecule has 0 unspecified atom stereocenters. The van der Waals surface area contributed by atoms with Crippen LogP contribution >= 0.6 is 0 Å². The SMILES string of the molecule is COCOc1ccc2cc([C@@H]3C[C@H]4CC[C@@H](C3)N4C)ccc2c1. The first-order chi connectivity index (χ1) is 11.2. The van der Waals surface area contributed by atoms with Crippen LogP contribution in [-0.2, 0) is 4.74 Å². The Hall–Kier alpha value is -1.58. The largest absolute Gasteiger partial charge is 0.468 e. The second-order valence-electron chi connectivity index (χ2n) is 7.04. The molecule has 3 nitrogen and oxygen atoms in total. The molecule has 2 aliphatic rings. The van der Waals surface area contributed by atoms with Crippen molar-refractivity contribution < 1.29 is 9.47 Å². The van der Waals surface area contributed by atoms with Gasteiger partial charge in [0.1, 0.15) is 5.75 Å². The average molecular weight is 311 g/mol. The van der Waals surface area contributed by atoms with Crippen molar-refractivity contribution in [3.63, 3.8) is 0 Å². The summed E-state index contributed by atoms with van der Waals surface area (Å²) in [6.45, 7) is 0.294. The summed E-state index contributed by atoms with van der Waals surface area (Å²) >= 11 is 0. The van der Waals surface area contributed by atoms with Crippen LogP contribution in [-0.4, -0.2) is 37.9 Å². The number of hydrogen-bond acceptors (Lipinski definition) is 3. The zero-order valence-corrected chi connectivity index (χ0v) is 14.0. The molecule has 2 saturated heterocycles. The van der Waals surface area contributed by atoms with Gasteiger partial charge in [-0.1, -0.05) is 24.3 Å². The molecule has 3 heteroatoms. The molecule has 0 amide bonds. The van der Waals surface area contributed by atoms with Gasteiger partial charge in [-0.25, -0.2) is 0 Å². The third-order valence-electron chi connectivity index (χ3n) is 5.75. The van der Waals surface area contributed by atoms with Gasteiger partial charge in [-0.05, 0) is 67.1 Å². The van der Waals surface area contributed by atoms with Gasteiger partial charge in [0.25, 0.3) is 0 Å². The van der Waals surface area contributed by atoms with Crippen LogP contribution in [0.25, 0.3) is 10.8 Å². The summed E-state index contributed by atoms with van der Waals surface area (Å²) in [6.07, 6.45) is 5.39. The van der Waals surface area contributed by atoms with Crippen LogP contribution in [0, 0.1) is 0 Å². The zero-order valence-electron chi connectivity index (χ0n) is 14.0. The van der Waals surface area contributed by atoms with E-state index < -0.39 is 0 Å². The fraction of sp³-hybridized carbons (Fsp3) is 0.500. The maximum absolute atomic E-state index is 5.53. The molecule has 0 aromatic heterocycles. The van der Waals surface area contributed by atoms with Crippen molar-refractivity contribution in [3.8, 4) is 5.75 Å². The second-order valence-corrected chi connectivity index (χ2v) is 7.04. The van der Waals surface area contributed by atoms with Gasteiger partial charge >= 0.3 is 0 Å². The number of piperidine rings is 1. The van der Waals surface area contributed by atoms with Crippen LogP contribution in [0.3, 0.4) is 0 Å². The van der Waals surface area contributed by atoms with Crippen LogP contribution in [0.5, 0.6) is 5.75 Å². The van der Waals surface area contributed by atoms with E-state index in [2.05, 4.69) is 42.3 Å². The van der Waals surface area contributed by atoms with Gasteiger partial charge in [-0.15, -0.1) is 0 Å². The van der Waals surface area contributed by atoms with Gasteiger partial charge in [-0.3, -0.25) is 0 Å². The second kappa shape index (κ2) is 6.14. The molecule has 2 heterocycles. The van der Waals surface area contributed by atoms with E-state index in [1.807, 2.05) is 6.07 Å². The third-order valence-corrected chi connectivity index (χ3v) is 5.75. The van der Waals surface area contributed by atoms with Crippen LogP contribution in [0.4, 0.5) is 0 Å². The molecule has 23 heavy (non-hydrogen) atoms. The summed E-state index contributed by atoms with van der Waals surface area (Å²) in [6, 6.07) is 14.8. The minimum atomic E-state index is 0.294. The lowest BCUT2D eigenvalue weighted by Gasteiger charge is -2.36. The van der Waals surface area contributed by atoms with Crippen molar-refractivity contribution >= 4 is 10.8 Å². The lowest BCUT2D eigenvalue weighted by atomic mass is 9.84. The number of methoxy groups -OCH3 is 1. The molecule has 2 aromatic carbocycles. The molecule has 2 bridgehead atoms. The highest BCUT2D eigenvalue weighted by molar-refractivity contribution is 5.84. The summed E-state index contributed by atoms with van der Waals surface area (Å²) in [5, 5.41) is 2.54. The quantitative estimate of drug-likeness (QED) is 0.791. The third kappa shape index (κ3) is 2.84. The first-order valence-corrected chi connectivity index (χ1v) is 8.62. The van der Waals surface area contributed by atoms with E-state index in [0.717, 1.165) is 23.8 Å². The molecular weight excluding hydrogens is 286 g/mol. The smallest absolute Gasteiger partial charge is 0.188 e. The van der Waals surface area contributed by atoms with Crippen molar-refractivity contribution in [2.45, 2.75) is 43.7 Å². The zero-order chi connectivity index (χ0) is 15.8. The van der Waals surface area contributed by atoms with E-state index >= 15 is 0 Å². The van der Waals surface area contributed by atoms with Crippen LogP contribution in [0.2, 0.25) is 0 Å². The van der Waals surface area contributed by atoms with E-state index in [-0.39, 0.29) is 0 Å². The lowest BCUT2D eigenvalue weighted by molar-refractivity contribution is 0.0512. The Kier molecular flexibility index (Phi) is 4.00. The van der Waals surface area contributed by atoms with Gasteiger partial charge in [0.05, 0.1) is 0 Å². The Balaban J connectivity index is 1.57. The molecule has 2 fully saturated rings. The fourth-order valence-corrected chi connectivity index (χ4v) is 4.40. The normalized spacial score (nSPS) is 27.5. The first-order valence-electron chi connectivity index (χ1n) is 8.62. The summed E-state index contributed by atoms with van der Waals surface area (Å²) in [7, 11) is 3.95. The molecule has 0 radical (unpaired) electrons. The van der Waals surface area contributed by atoms with Crippen molar-refractivity contribution in [3.05, 3.63) is 42.0 Å². The monoisotopic (exact) mass is 311 g/mol. The molecule has 0 aliphatic carbocycles. The maximum Gasteiger partial charge on any atom is 0.188 e. The summed E-state index contributed by atoms with van der Waals surface area (Å²) in [5.74, 6) is 1.59. The first kappa shape index (κ1) is 15.0. The number of benzene rings is 2. The Labute approximate surface area is 138 Å². The summed E-state index contributed by atoms with van der Waals surface area (Å²) in [4.78, 5) is 2.61. The topological polar surface area (TPSA) is 21.7 Å². The van der Waals surface area contributed by atoms with E-state index in [0.29, 0.717) is 6.79 Å². The predicted octanol–water partition coefficient (Wildman–Crippen LogP) is 4.16. The van der Waals surface area contributed by atoms with E-state index in [1.54, 1.807) is 7.11 Å². The molecule has 2 aromatic rings. The summed E-state index contributed by atoms with van der Waals surface area (Å²) in [5.41, 5.74) is 1.51. The van der Waals surface area contributed by atoms with Crippen LogP contribution < -0.4 is 4.74 Å². The van der Waals surface area contributed by atoms with Gasteiger partial charge in [-0.2, -0.15) is 0 Å². The Morgan fingerprint density at radius 2 is 1.70 bits per heavy atom. The van der Waals surface area contributed by atoms with Crippen molar-refractivity contribution in [1.29, 1.82) is 0 Å². The Bertz CT molecular complexity index is 685. The molecule has 3 atom stereocenters. The van der Waals surface area contributed by atoms with Gasteiger partial charge in [0.2, 0.25) is 0 Å². The molecule has 0 saturated carbocycles. The minimum Gasteiger partial charge on any atom is -0.468 e. The van der Waals surface area contributed by atoms with Gasteiger partial charge < -0.3 is 14.4 Å². The maximum atomic E-state index is 5.53. The molecule has 0 spiro atoms. The Morgan fingerprint density at radius 1 is 1.00 bits per heavy atom. The van der Waals surface area contributed by atoms with E-state index in [4.69, 9.17) is 9.47 Å². The highest BCUT2D eigenvalue weighted by Gasteiger charge is 2.38. The molecule has 0 N–H and O–H groups in total. The molecule has 4 rings (SSSR count). The minimum absolute atomic E-state index is 0.294. The number of ether oxygens (including phenoxy) is 2. The highest BCUT2D eigenvalue weighted by atomic mass is 16.7. The average Bonchev–Trinajstić information content (AvgIpc) is 2.80. The number of nitrogens with zero attached hydrogens (tertiary/aromatic N) is 1. The van der Waals surface area contributed by atoms with Crippen LogP contribution in [0.1, 0.15) is 37.2 Å². The standard InChI is InChI=1S/C20H25NO2/c1-21-18-6-7-19(21)11-17(10-18)15-3-4-16-12-20(23-13-22-2)8-5-14(16)9-15/h3-5,8-9,12,17-19H,6-7,10-11,13H2,1-2H3/t17-,18-,19+. The van der Waals surface area contributed by atoms with Crippen molar-refractivity contribution in [2.24, 2.45) is 0 Å².